The SMILES string of the molecule is CCc1cc(CSc2nc3ccc(N)cc3s2)n(CC)n1. The quantitative estimate of drug-likeness (QED) is 0.571. The lowest BCUT2D eigenvalue weighted by molar-refractivity contribution is 0.628. The first-order chi connectivity index (χ1) is 10.2. The Bertz CT molecular complexity index is 760. The number of rotatable bonds is 5. The van der Waals surface area contributed by atoms with Crippen LogP contribution in [0.5, 0.6) is 0 Å². The van der Waals surface area contributed by atoms with E-state index >= 15 is 0 Å². The average molecular weight is 318 g/mol. The highest BCUT2D eigenvalue weighted by molar-refractivity contribution is 8.00. The zero-order valence-electron chi connectivity index (χ0n) is 12.2. The van der Waals surface area contributed by atoms with Crippen LogP contribution in [0.3, 0.4) is 0 Å². The van der Waals surface area contributed by atoms with Gasteiger partial charge in [-0.05, 0) is 37.6 Å². The lowest BCUT2D eigenvalue weighted by Crippen LogP contribution is -2.01. The number of thioether (sulfide) groups is 1. The fourth-order valence-electron chi connectivity index (χ4n) is 2.20. The summed E-state index contributed by atoms with van der Waals surface area (Å²) in [5.74, 6) is 0.899. The monoisotopic (exact) mass is 318 g/mol. The van der Waals surface area contributed by atoms with Crippen LogP contribution in [-0.4, -0.2) is 14.8 Å². The van der Waals surface area contributed by atoms with Crippen molar-refractivity contribution in [1.82, 2.24) is 14.8 Å². The van der Waals surface area contributed by atoms with Gasteiger partial charge in [0.05, 0.1) is 15.9 Å². The third-order valence-electron chi connectivity index (χ3n) is 3.31. The van der Waals surface area contributed by atoms with Crippen LogP contribution in [0, 0.1) is 0 Å². The second kappa shape index (κ2) is 6.07. The molecular formula is C15H18N4S2. The number of nitrogens with two attached hydrogens (primary N) is 1. The van der Waals surface area contributed by atoms with Crippen molar-refractivity contribution < 1.29 is 0 Å². The summed E-state index contributed by atoms with van der Waals surface area (Å²) in [5.41, 5.74) is 10.0. The zero-order valence-corrected chi connectivity index (χ0v) is 13.8. The number of thiazole rings is 1. The molecule has 0 bridgehead atoms. The molecule has 21 heavy (non-hydrogen) atoms. The highest BCUT2D eigenvalue weighted by Gasteiger charge is 2.09. The molecular weight excluding hydrogens is 300 g/mol. The summed E-state index contributed by atoms with van der Waals surface area (Å²) in [6, 6.07) is 8.07. The van der Waals surface area contributed by atoms with E-state index in [1.807, 2.05) is 18.2 Å². The van der Waals surface area contributed by atoms with Gasteiger partial charge < -0.3 is 5.73 Å². The summed E-state index contributed by atoms with van der Waals surface area (Å²) < 4.78 is 4.31. The number of nitrogens with zero attached hydrogens (tertiary/aromatic N) is 3. The minimum Gasteiger partial charge on any atom is -0.399 e. The number of benzene rings is 1. The van der Waals surface area contributed by atoms with Gasteiger partial charge in [0.25, 0.3) is 0 Å². The Hall–Kier alpha value is -1.53. The lowest BCUT2D eigenvalue weighted by atomic mass is 10.3. The molecule has 0 amide bonds. The van der Waals surface area contributed by atoms with Gasteiger partial charge in [0, 0.05) is 23.7 Å². The number of anilines is 1. The molecule has 3 rings (SSSR count). The molecule has 6 heteroatoms. The van der Waals surface area contributed by atoms with Crippen molar-refractivity contribution in [2.75, 3.05) is 5.73 Å². The van der Waals surface area contributed by atoms with E-state index in [4.69, 9.17) is 5.73 Å². The fourth-order valence-corrected chi connectivity index (χ4v) is 4.29. The van der Waals surface area contributed by atoms with Gasteiger partial charge in [-0.3, -0.25) is 4.68 Å². The van der Waals surface area contributed by atoms with E-state index in [2.05, 4.69) is 34.7 Å². The van der Waals surface area contributed by atoms with Gasteiger partial charge in [-0.25, -0.2) is 4.98 Å². The molecule has 1 aromatic carbocycles. The minimum absolute atomic E-state index is 0.791. The summed E-state index contributed by atoms with van der Waals surface area (Å²) in [6.07, 6.45) is 0.977. The van der Waals surface area contributed by atoms with Crippen molar-refractivity contribution in [3.05, 3.63) is 35.7 Å². The van der Waals surface area contributed by atoms with Gasteiger partial charge in [-0.15, -0.1) is 11.3 Å². The van der Waals surface area contributed by atoms with Crippen molar-refractivity contribution >= 4 is 39.0 Å². The molecule has 2 heterocycles. The van der Waals surface area contributed by atoms with Crippen molar-refractivity contribution in [3.63, 3.8) is 0 Å². The molecule has 0 atom stereocenters. The van der Waals surface area contributed by atoms with Crippen LogP contribution in [-0.2, 0) is 18.7 Å². The highest BCUT2D eigenvalue weighted by atomic mass is 32.2. The standard InChI is InChI=1S/C15H18N4S2/c1-3-11-8-12(19(4-2)18-11)9-20-15-17-13-6-5-10(16)7-14(13)21-15/h5-8H,3-4,9,16H2,1-2H3. The molecule has 2 aromatic heterocycles. The molecule has 2 N–H and O–H groups in total. The van der Waals surface area contributed by atoms with Gasteiger partial charge in [-0.1, -0.05) is 18.7 Å². The first-order valence-electron chi connectivity index (χ1n) is 7.04. The number of hydrogen-bond acceptors (Lipinski definition) is 5. The molecule has 0 spiro atoms. The second-order valence-corrected chi connectivity index (χ2v) is 7.05. The van der Waals surface area contributed by atoms with Gasteiger partial charge >= 0.3 is 0 Å². The third kappa shape index (κ3) is 3.06. The van der Waals surface area contributed by atoms with Gasteiger partial charge in [0.1, 0.15) is 0 Å². The van der Waals surface area contributed by atoms with Gasteiger partial charge in [-0.2, -0.15) is 5.10 Å². The van der Waals surface area contributed by atoms with E-state index < -0.39 is 0 Å². The zero-order chi connectivity index (χ0) is 14.8. The molecule has 0 unspecified atom stereocenters. The minimum atomic E-state index is 0.791. The average Bonchev–Trinajstić information content (AvgIpc) is 3.07. The maximum atomic E-state index is 5.81. The van der Waals surface area contributed by atoms with Crippen molar-refractivity contribution in [3.8, 4) is 0 Å². The predicted octanol–water partition coefficient (Wildman–Crippen LogP) is 3.95. The Kier molecular flexibility index (Phi) is 4.17. The molecule has 0 fully saturated rings. The predicted molar refractivity (Wildman–Crippen MR) is 90.9 cm³/mol. The summed E-state index contributed by atoms with van der Waals surface area (Å²) in [7, 11) is 0. The first kappa shape index (κ1) is 14.4. The van der Waals surface area contributed by atoms with Crippen LogP contribution in [0.4, 0.5) is 5.69 Å². The summed E-state index contributed by atoms with van der Waals surface area (Å²) in [5, 5.41) is 4.58. The van der Waals surface area contributed by atoms with E-state index in [-0.39, 0.29) is 0 Å². The number of hydrogen-bond donors (Lipinski definition) is 1. The van der Waals surface area contributed by atoms with Crippen molar-refractivity contribution in [2.24, 2.45) is 0 Å². The number of aryl methyl sites for hydroxylation is 2. The number of fused-ring (bicyclic) bond motifs is 1. The first-order valence-corrected chi connectivity index (χ1v) is 8.84. The van der Waals surface area contributed by atoms with E-state index in [1.54, 1.807) is 23.1 Å². The molecule has 0 aliphatic heterocycles. The Labute approximate surface area is 132 Å². The molecule has 0 aliphatic carbocycles. The Balaban J connectivity index is 1.78. The summed E-state index contributed by atoms with van der Waals surface area (Å²) >= 11 is 3.46. The molecule has 0 radical (unpaired) electrons. The van der Waals surface area contributed by atoms with E-state index in [1.165, 1.54) is 5.69 Å². The second-order valence-electron chi connectivity index (χ2n) is 4.79. The maximum absolute atomic E-state index is 5.81. The Morgan fingerprint density at radius 3 is 2.90 bits per heavy atom. The van der Waals surface area contributed by atoms with Gasteiger partial charge in [0.15, 0.2) is 4.34 Å². The highest BCUT2D eigenvalue weighted by Crippen LogP contribution is 2.32. The molecule has 3 aromatic rings. The largest absolute Gasteiger partial charge is 0.399 e. The third-order valence-corrected chi connectivity index (χ3v) is 5.51. The van der Waals surface area contributed by atoms with Crippen LogP contribution >= 0.6 is 23.1 Å². The van der Waals surface area contributed by atoms with Crippen molar-refractivity contribution in [1.29, 1.82) is 0 Å². The normalized spacial score (nSPS) is 11.3. The summed E-state index contributed by atoms with van der Waals surface area (Å²) in [6.45, 7) is 5.17. The number of nitrogen functional groups attached to an aromatic ring is 1. The van der Waals surface area contributed by atoms with Crippen LogP contribution in [0.2, 0.25) is 0 Å². The van der Waals surface area contributed by atoms with Crippen LogP contribution in [0.15, 0.2) is 28.6 Å². The molecule has 0 saturated heterocycles. The lowest BCUT2D eigenvalue weighted by Gasteiger charge is -2.02. The maximum Gasteiger partial charge on any atom is 0.151 e. The molecule has 110 valence electrons. The Morgan fingerprint density at radius 1 is 1.29 bits per heavy atom. The fraction of sp³-hybridized carbons (Fsp3) is 0.333. The molecule has 0 aliphatic rings. The van der Waals surface area contributed by atoms with E-state index in [0.29, 0.717) is 0 Å². The van der Waals surface area contributed by atoms with Gasteiger partial charge in [0.2, 0.25) is 0 Å². The molecule has 0 saturated carbocycles. The van der Waals surface area contributed by atoms with E-state index in [0.717, 1.165) is 44.7 Å². The smallest absolute Gasteiger partial charge is 0.151 e. The van der Waals surface area contributed by atoms with Crippen LogP contribution < -0.4 is 5.73 Å². The topological polar surface area (TPSA) is 56.7 Å². The van der Waals surface area contributed by atoms with E-state index in [9.17, 15) is 0 Å². The van der Waals surface area contributed by atoms with Crippen molar-refractivity contribution in [2.45, 2.75) is 36.9 Å². The van der Waals surface area contributed by atoms with Crippen LogP contribution in [0.1, 0.15) is 25.2 Å². The molecule has 4 nitrogen and oxygen atoms in total. The Morgan fingerprint density at radius 2 is 2.14 bits per heavy atom. The summed E-state index contributed by atoms with van der Waals surface area (Å²) in [4.78, 5) is 4.65. The van der Waals surface area contributed by atoms with Crippen LogP contribution in [0.25, 0.3) is 10.2 Å². The number of aromatic nitrogens is 3.